The van der Waals surface area contributed by atoms with Gasteiger partial charge in [0.2, 0.25) is 5.78 Å². The summed E-state index contributed by atoms with van der Waals surface area (Å²) in [5.41, 5.74) is 3.08. The van der Waals surface area contributed by atoms with E-state index in [1.54, 1.807) is 5.01 Å². The van der Waals surface area contributed by atoms with Crippen LogP contribution in [0.3, 0.4) is 0 Å². The Kier molecular flexibility index (Phi) is 1.87. The van der Waals surface area contributed by atoms with E-state index in [2.05, 4.69) is 15.4 Å². The average molecular weight is 166 g/mol. The van der Waals surface area contributed by atoms with Crippen LogP contribution in [0.1, 0.15) is 6.42 Å². The van der Waals surface area contributed by atoms with Crippen LogP contribution in [0.4, 0.5) is 0 Å². The van der Waals surface area contributed by atoms with Gasteiger partial charge in [0.15, 0.2) is 5.84 Å². The first-order valence-corrected chi connectivity index (χ1v) is 3.98. The monoisotopic (exact) mass is 166 g/mol. The van der Waals surface area contributed by atoms with Gasteiger partial charge >= 0.3 is 0 Å². The van der Waals surface area contributed by atoms with Gasteiger partial charge in [-0.25, -0.2) is 10.4 Å². The lowest BCUT2D eigenvalue weighted by Crippen LogP contribution is -2.43. The molecule has 0 amide bonds. The van der Waals surface area contributed by atoms with Crippen LogP contribution >= 0.6 is 0 Å². The number of rotatable bonds is 0. The summed E-state index contributed by atoms with van der Waals surface area (Å²) in [6.45, 7) is 2.01. The molecule has 0 radical (unpaired) electrons. The van der Waals surface area contributed by atoms with Gasteiger partial charge in [0.25, 0.3) is 0 Å². The van der Waals surface area contributed by atoms with Crippen LogP contribution in [0.5, 0.6) is 0 Å². The van der Waals surface area contributed by atoms with E-state index < -0.39 is 0 Å². The molecule has 0 atom stereocenters. The molecule has 0 bridgehead atoms. The zero-order valence-corrected chi connectivity index (χ0v) is 6.66. The van der Waals surface area contributed by atoms with E-state index >= 15 is 0 Å². The fourth-order valence-corrected chi connectivity index (χ4v) is 1.29. The van der Waals surface area contributed by atoms with E-state index in [-0.39, 0.29) is 12.3 Å². The molecule has 5 nitrogen and oxygen atoms in total. The Hall–Kier alpha value is -1.23. The van der Waals surface area contributed by atoms with E-state index in [1.807, 2.05) is 0 Å². The van der Waals surface area contributed by atoms with Gasteiger partial charge in [-0.3, -0.25) is 14.8 Å². The molecular formula is C7H10N4O. The summed E-state index contributed by atoms with van der Waals surface area (Å²) in [4.78, 5) is 18.9. The molecule has 0 aromatic heterocycles. The molecule has 0 aromatic carbocycles. The van der Waals surface area contributed by atoms with E-state index in [0.717, 1.165) is 19.5 Å². The average Bonchev–Trinajstić information content (AvgIpc) is 2.57. The predicted molar refractivity (Wildman–Crippen MR) is 45.1 cm³/mol. The van der Waals surface area contributed by atoms with Crippen molar-refractivity contribution in [3.05, 3.63) is 0 Å². The lowest BCUT2D eigenvalue weighted by atomic mass is 10.3. The molecule has 2 rings (SSSR count). The summed E-state index contributed by atoms with van der Waals surface area (Å²) in [7, 11) is 0. The molecule has 0 aliphatic carbocycles. The van der Waals surface area contributed by atoms with Crippen LogP contribution in [0.15, 0.2) is 9.98 Å². The Morgan fingerprint density at radius 2 is 2.50 bits per heavy atom. The molecule has 5 heteroatoms. The van der Waals surface area contributed by atoms with Crippen LogP contribution < -0.4 is 5.43 Å². The van der Waals surface area contributed by atoms with Gasteiger partial charge in [0.1, 0.15) is 12.9 Å². The molecule has 1 saturated heterocycles. The number of carbonyl (C=O) groups is 1. The maximum atomic E-state index is 11.3. The van der Waals surface area contributed by atoms with Crippen molar-refractivity contribution in [2.45, 2.75) is 6.42 Å². The third-order valence-electron chi connectivity index (χ3n) is 1.86. The molecule has 0 unspecified atom stereocenters. The molecule has 64 valence electrons. The highest BCUT2D eigenvalue weighted by atomic mass is 16.1. The van der Waals surface area contributed by atoms with Crippen LogP contribution in [-0.4, -0.2) is 42.6 Å². The molecular weight excluding hydrogens is 156 g/mol. The standard InChI is InChI=1S/C7H10N4O/c12-6-4-8-5-9-7(6)11-3-1-2-10-11/h5,10H,1-4H2. The number of amidine groups is 1. The van der Waals surface area contributed by atoms with E-state index in [9.17, 15) is 4.79 Å². The first kappa shape index (κ1) is 7.42. The van der Waals surface area contributed by atoms with Gasteiger partial charge in [0.05, 0.1) is 0 Å². The van der Waals surface area contributed by atoms with Gasteiger partial charge in [-0.1, -0.05) is 0 Å². The summed E-state index contributed by atoms with van der Waals surface area (Å²) in [5, 5.41) is 1.80. The predicted octanol–water partition coefficient (Wildman–Crippen LogP) is -0.794. The molecule has 2 aliphatic heterocycles. The number of hydrogen-bond acceptors (Lipinski definition) is 5. The van der Waals surface area contributed by atoms with Crippen molar-refractivity contribution < 1.29 is 4.79 Å². The Morgan fingerprint density at radius 3 is 3.17 bits per heavy atom. The molecule has 0 aromatic rings. The minimum atomic E-state index is -0.00750. The number of aliphatic imine (C=N–C) groups is 2. The summed E-state index contributed by atoms with van der Waals surface area (Å²) < 4.78 is 0. The van der Waals surface area contributed by atoms with Crippen LogP contribution in [0.25, 0.3) is 0 Å². The van der Waals surface area contributed by atoms with Gasteiger partial charge < -0.3 is 0 Å². The number of ketones is 1. The maximum absolute atomic E-state index is 11.3. The Labute approximate surface area is 70.1 Å². The zero-order chi connectivity index (χ0) is 8.39. The number of carbonyl (C=O) groups excluding carboxylic acids is 1. The van der Waals surface area contributed by atoms with Crippen LogP contribution in [0.2, 0.25) is 0 Å². The first-order valence-electron chi connectivity index (χ1n) is 3.98. The maximum Gasteiger partial charge on any atom is 0.220 e. The van der Waals surface area contributed by atoms with Gasteiger partial charge in [-0.2, -0.15) is 0 Å². The number of hydrazine groups is 1. The molecule has 0 spiro atoms. The number of nitrogens with one attached hydrogen (secondary N) is 1. The lowest BCUT2D eigenvalue weighted by molar-refractivity contribution is -0.112. The fourth-order valence-electron chi connectivity index (χ4n) is 1.29. The van der Waals surface area contributed by atoms with Crippen molar-refractivity contribution in [3.63, 3.8) is 0 Å². The van der Waals surface area contributed by atoms with Crippen LogP contribution in [-0.2, 0) is 4.79 Å². The summed E-state index contributed by atoms with van der Waals surface area (Å²) in [6.07, 6.45) is 2.50. The molecule has 1 fully saturated rings. The third-order valence-corrected chi connectivity index (χ3v) is 1.86. The van der Waals surface area contributed by atoms with E-state index in [1.165, 1.54) is 6.34 Å². The highest BCUT2D eigenvalue weighted by Crippen LogP contribution is 2.01. The molecule has 0 saturated carbocycles. The smallest absolute Gasteiger partial charge is 0.220 e. The number of hydrogen-bond donors (Lipinski definition) is 1. The molecule has 1 N–H and O–H groups in total. The van der Waals surface area contributed by atoms with Gasteiger partial charge in [-0.15, -0.1) is 0 Å². The number of nitrogens with zero attached hydrogens (tertiary/aromatic N) is 3. The van der Waals surface area contributed by atoms with Crippen molar-refractivity contribution in [3.8, 4) is 0 Å². The van der Waals surface area contributed by atoms with Crippen LogP contribution in [0, 0.1) is 0 Å². The van der Waals surface area contributed by atoms with Crippen molar-refractivity contribution in [2.24, 2.45) is 9.98 Å². The second-order valence-corrected chi connectivity index (χ2v) is 2.75. The van der Waals surface area contributed by atoms with E-state index in [4.69, 9.17) is 0 Å². The SMILES string of the molecule is O=C1CN=CN=C1N1CCCN1. The highest BCUT2D eigenvalue weighted by molar-refractivity contribution is 6.41. The molecule has 12 heavy (non-hydrogen) atoms. The van der Waals surface area contributed by atoms with Gasteiger partial charge in [0, 0.05) is 13.1 Å². The summed E-state index contributed by atoms with van der Waals surface area (Å²) in [5.74, 6) is 0.495. The highest BCUT2D eigenvalue weighted by Gasteiger charge is 2.22. The normalized spacial score (nSPS) is 23.2. The largest absolute Gasteiger partial charge is 0.289 e. The minimum absolute atomic E-state index is 0.00750. The Bertz CT molecular complexity index is 252. The third kappa shape index (κ3) is 1.23. The zero-order valence-electron chi connectivity index (χ0n) is 6.66. The summed E-state index contributed by atoms with van der Waals surface area (Å²) in [6, 6.07) is 0. The fraction of sp³-hybridized carbons (Fsp3) is 0.571. The van der Waals surface area contributed by atoms with Crippen molar-refractivity contribution in [1.82, 2.24) is 10.4 Å². The lowest BCUT2D eigenvalue weighted by Gasteiger charge is -2.18. The molecule has 2 aliphatic rings. The quantitative estimate of drug-likeness (QED) is 0.513. The summed E-state index contributed by atoms with van der Waals surface area (Å²) >= 11 is 0. The first-order chi connectivity index (χ1) is 5.88. The van der Waals surface area contributed by atoms with Crippen molar-refractivity contribution in [2.75, 3.05) is 19.6 Å². The second-order valence-electron chi connectivity index (χ2n) is 2.75. The van der Waals surface area contributed by atoms with Crippen molar-refractivity contribution >= 4 is 18.0 Å². The second kappa shape index (κ2) is 3.02. The topological polar surface area (TPSA) is 57.1 Å². The Balaban J connectivity index is 2.14. The Morgan fingerprint density at radius 1 is 1.58 bits per heavy atom. The number of Topliss-reactive ketones (excluding diaryl/α,β-unsaturated/α-hetero) is 1. The molecule has 2 heterocycles. The van der Waals surface area contributed by atoms with Gasteiger partial charge in [-0.05, 0) is 6.42 Å². The van der Waals surface area contributed by atoms with E-state index in [0.29, 0.717) is 5.84 Å². The van der Waals surface area contributed by atoms with Crippen molar-refractivity contribution in [1.29, 1.82) is 0 Å². The minimum Gasteiger partial charge on any atom is -0.289 e.